The number of hydrogen-bond acceptors (Lipinski definition) is 2. The van der Waals surface area contributed by atoms with Crippen molar-refractivity contribution in [2.45, 2.75) is 25.4 Å². The first-order valence-electron chi connectivity index (χ1n) is 7.61. The lowest BCUT2D eigenvalue weighted by Crippen LogP contribution is -2.43. The van der Waals surface area contributed by atoms with Gasteiger partial charge in [-0.1, -0.05) is 37.3 Å². The topological polar surface area (TPSA) is 49.4 Å². The Morgan fingerprint density at radius 2 is 1.71 bits per heavy atom. The predicted molar refractivity (Wildman–Crippen MR) is 83.9 cm³/mol. The smallest absolute Gasteiger partial charge is 0.319 e. The first-order chi connectivity index (χ1) is 11.5. The molecule has 1 atom stereocenters. The molecule has 2 aromatic rings. The van der Waals surface area contributed by atoms with E-state index in [0.29, 0.717) is 12.0 Å². The molecule has 6 heteroatoms. The van der Waals surface area contributed by atoms with Crippen LogP contribution in [0.1, 0.15) is 24.5 Å². The summed E-state index contributed by atoms with van der Waals surface area (Å²) in [5.74, 6) is -1.37. The normalized spacial score (nSPS) is 20.4. The van der Waals surface area contributed by atoms with Crippen molar-refractivity contribution in [3.63, 3.8) is 0 Å². The second kappa shape index (κ2) is 6.03. The van der Waals surface area contributed by atoms with Crippen LogP contribution in [0.3, 0.4) is 0 Å². The molecule has 1 aliphatic heterocycles. The van der Waals surface area contributed by atoms with Crippen molar-refractivity contribution >= 4 is 11.9 Å². The lowest BCUT2D eigenvalue weighted by molar-refractivity contribution is -0.132. The summed E-state index contributed by atoms with van der Waals surface area (Å²) in [5, 5.41) is 2.68. The van der Waals surface area contributed by atoms with Crippen LogP contribution < -0.4 is 5.32 Å². The number of carbonyl (C=O) groups is 2. The summed E-state index contributed by atoms with van der Waals surface area (Å²) < 4.78 is 27.0. The maximum absolute atomic E-state index is 13.8. The van der Waals surface area contributed by atoms with E-state index in [9.17, 15) is 18.4 Å². The highest BCUT2D eigenvalue weighted by molar-refractivity contribution is 6.07. The number of halogens is 2. The minimum atomic E-state index is -1.25. The van der Waals surface area contributed by atoms with Crippen LogP contribution in [0.4, 0.5) is 13.6 Å². The predicted octanol–water partition coefficient (Wildman–Crippen LogP) is 3.32. The molecular formula is C18H16F2N2O2. The molecule has 0 aromatic heterocycles. The SMILES string of the molecule is CC[C@@]1(c2ccc(F)cc2)NC(=O)N(Cc2ccccc2F)C1=O. The van der Waals surface area contributed by atoms with Crippen LogP contribution in [0.25, 0.3) is 0 Å². The van der Waals surface area contributed by atoms with Crippen molar-refractivity contribution in [2.24, 2.45) is 0 Å². The van der Waals surface area contributed by atoms with Crippen molar-refractivity contribution < 1.29 is 18.4 Å². The van der Waals surface area contributed by atoms with Gasteiger partial charge in [-0.15, -0.1) is 0 Å². The van der Waals surface area contributed by atoms with E-state index in [0.717, 1.165) is 4.90 Å². The van der Waals surface area contributed by atoms with E-state index < -0.39 is 29.1 Å². The fourth-order valence-corrected chi connectivity index (χ4v) is 2.94. The fourth-order valence-electron chi connectivity index (χ4n) is 2.94. The van der Waals surface area contributed by atoms with Gasteiger partial charge in [0.05, 0.1) is 6.54 Å². The van der Waals surface area contributed by atoms with Gasteiger partial charge in [-0.2, -0.15) is 0 Å². The van der Waals surface area contributed by atoms with Gasteiger partial charge >= 0.3 is 6.03 Å². The van der Waals surface area contributed by atoms with E-state index in [1.54, 1.807) is 19.1 Å². The maximum atomic E-state index is 13.8. The van der Waals surface area contributed by atoms with E-state index in [4.69, 9.17) is 0 Å². The number of urea groups is 1. The van der Waals surface area contributed by atoms with Gasteiger partial charge in [-0.3, -0.25) is 9.69 Å². The van der Waals surface area contributed by atoms with E-state index in [2.05, 4.69) is 5.32 Å². The second-order valence-corrected chi connectivity index (χ2v) is 5.68. The summed E-state index contributed by atoms with van der Waals surface area (Å²) in [6.45, 7) is 1.61. The number of imide groups is 1. The van der Waals surface area contributed by atoms with Crippen LogP contribution in [0.2, 0.25) is 0 Å². The molecule has 3 rings (SSSR count). The van der Waals surface area contributed by atoms with Gasteiger partial charge in [0, 0.05) is 5.56 Å². The Bertz CT molecular complexity index is 792. The van der Waals surface area contributed by atoms with Crippen LogP contribution in [0.15, 0.2) is 48.5 Å². The third-order valence-corrected chi connectivity index (χ3v) is 4.33. The second-order valence-electron chi connectivity index (χ2n) is 5.68. The van der Waals surface area contributed by atoms with E-state index in [1.807, 2.05) is 0 Å². The number of rotatable bonds is 4. The molecule has 0 spiro atoms. The van der Waals surface area contributed by atoms with E-state index in [1.165, 1.54) is 36.4 Å². The molecule has 2 aromatic carbocycles. The van der Waals surface area contributed by atoms with Crippen LogP contribution in [-0.2, 0) is 16.9 Å². The minimum Gasteiger partial charge on any atom is -0.319 e. The molecule has 4 nitrogen and oxygen atoms in total. The Morgan fingerprint density at radius 1 is 1.04 bits per heavy atom. The van der Waals surface area contributed by atoms with Crippen molar-refractivity contribution in [2.75, 3.05) is 0 Å². The summed E-state index contributed by atoms with van der Waals surface area (Å²) in [6, 6.07) is 10.8. The number of nitrogens with zero attached hydrogens (tertiary/aromatic N) is 1. The molecule has 1 saturated heterocycles. The lowest BCUT2D eigenvalue weighted by atomic mass is 9.87. The molecule has 3 amide bonds. The Labute approximate surface area is 138 Å². The molecule has 0 aliphatic carbocycles. The third-order valence-electron chi connectivity index (χ3n) is 4.33. The molecule has 1 heterocycles. The van der Waals surface area contributed by atoms with Gasteiger partial charge in [-0.05, 0) is 30.2 Å². The molecule has 0 saturated carbocycles. The summed E-state index contributed by atoms with van der Waals surface area (Å²) in [5.41, 5.74) is -0.497. The van der Waals surface area contributed by atoms with Gasteiger partial charge in [0.25, 0.3) is 5.91 Å². The molecule has 24 heavy (non-hydrogen) atoms. The monoisotopic (exact) mass is 330 g/mol. The first kappa shape index (κ1) is 16.1. The molecule has 0 unspecified atom stereocenters. The van der Waals surface area contributed by atoms with Crippen LogP contribution in [0.5, 0.6) is 0 Å². The Morgan fingerprint density at radius 3 is 2.33 bits per heavy atom. The van der Waals surface area contributed by atoms with E-state index >= 15 is 0 Å². The quantitative estimate of drug-likeness (QED) is 0.874. The lowest BCUT2D eigenvalue weighted by Gasteiger charge is -2.25. The molecular weight excluding hydrogens is 314 g/mol. The van der Waals surface area contributed by atoms with Crippen LogP contribution >= 0.6 is 0 Å². The number of nitrogens with one attached hydrogen (secondary N) is 1. The Balaban J connectivity index is 1.95. The van der Waals surface area contributed by atoms with Crippen molar-refractivity contribution in [1.82, 2.24) is 10.2 Å². The minimum absolute atomic E-state index is 0.152. The average Bonchev–Trinajstić information content (AvgIpc) is 2.82. The van der Waals surface area contributed by atoms with Gasteiger partial charge < -0.3 is 5.32 Å². The molecule has 1 fully saturated rings. The zero-order valence-electron chi connectivity index (χ0n) is 13.1. The van der Waals surface area contributed by atoms with Gasteiger partial charge in [0.2, 0.25) is 0 Å². The summed E-state index contributed by atoms with van der Waals surface area (Å²) >= 11 is 0. The van der Waals surface area contributed by atoms with Gasteiger partial charge in [0.1, 0.15) is 17.2 Å². The van der Waals surface area contributed by atoms with Gasteiger partial charge in [0.15, 0.2) is 0 Å². The number of benzene rings is 2. The Kier molecular flexibility index (Phi) is 4.05. The Hall–Kier alpha value is -2.76. The van der Waals surface area contributed by atoms with Crippen molar-refractivity contribution in [1.29, 1.82) is 0 Å². The largest absolute Gasteiger partial charge is 0.325 e. The molecule has 0 bridgehead atoms. The average molecular weight is 330 g/mol. The summed E-state index contributed by atoms with van der Waals surface area (Å²) in [4.78, 5) is 26.2. The van der Waals surface area contributed by atoms with Crippen molar-refractivity contribution in [3.05, 3.63) is 71.3 Å². The number of carbonyl (C=O) groups excluding carboxylic acids is 2. The molecule has 1 N–H and O–H groups in total. The highest BCUT2D eigenvalue weighted by Crippen LogP contribution is 2.33. The van der Waals surface area contributed by atoms with Crippen LogP contribution in [0, 0.1) is 11.6 Å². The number of amides is 3. The highest BCUT2D eigenvalue weighted by Gasteiger charge is 2.51. The zero-order valence-corrected chi connectivity index (χ0v) is 13.1. The first-order valence-corrected chi connectivity index (χ1v) is 7.61. The van der Waals surface area contributed by atoms with Crippen molar-refractivity contribution in [3.8, 4) is 0 Å². The fraction of sp³-hybridized carbons (Fsp3) is 0.222. The summed E-state index contributed by atoms with van der Waals surface area (Å²) in [6.07, 6.45) is 0.303. The molecule has 1 aliphatic rings. The molecule has 0 radical (unpaired) electrons. The molecule has 124 valence electrons. The number of hydrogen-bond donors (Lipinski definition) is 1. The highest BCUT2D eigenvalue weighted by atomic mass is 19.1. The standard InChI is InChI=1S/C18H16F2N2O2/c1-2-18(13-7-9-14(19)10-8-13)16(23)22(17(24)21-18)11-12-5-3-4-6-15(12)20/h3-10H,2,11H2,1H3,(H,21,24)/t18-/m0/s1. The van der Waals surface area contributed by atoms with E-state index in [-0.39, 0.29) is 12.1 Å². The van der Waals surface area contributed by atoms with Crippen LogP contribution in [-0.4, -0.2) is 16.8 Å². The third kappa shape index (κ3) is 2.54. The maximum Gasteiger partial charge on any atom is 0.325 e. The van der Waals surface area contributed by atoms with Gasteiger partial charge in [-0.25, -0.2) is 13.6 Å². The summed E-state index contributed by atoms with van der Waals surface area (Å²) in [7, 11) is 0. The zero-order chi connectivity index (χ0) is 17.3.